The van der Waals surface area contributed by atoms with Crippen molar-refractivity contribution in [3.05, 3.63) is 59.3 Å². The molecule has 0 aliphatic carbocycles. The second kappa shape index (κ2) is 8.73. The van der Waals surface area contributed by atoms with E-state index in [4.69, 9.17) is 4.52 Å². The summed E-state index contributed by atoms with van der Waals surface area (Å²) in [6, 6.07) is 11.2. The lowest BCUT2D eigenvalue weighted by Crippen LogP contribution is -2.15. The molecule has 0 aliphatic rings. The van der Waals surface area contributed by atoms with Crippen LogP contribution in [0.5, 0.6) is 0 Å². The Hall–Kier alpha value is -3.46. The smallest absolute Gasteiger partial charge is 0.262 e. The highest BCUT2D eigenvalue weighted by molar-refractivity contribution is 7.92. The minimum absolute atomic E-state index is 0.0651. The lowest BCUT2D eigenvalue weighted by molar-refractivity contribution is -0.114. The summed E-state index contributed by atoms with van der Waals surface area (Å²) < 4.78 is 34.1. The van der Waals surface area contributed by atoms with Gasteiger partial charge >= 0.3 is 0 Å². The van der Waals surface area contributed by atoms with Crippen molar-refractivity contribution in [2.75, 3.05) is 10.0 Å². The molecule has 9 heteroatoms. The average Bonchev–Trinajstić information content (AvgIpc) is 3.10. The van der Waals surface area contributed by atoms with Gasteiger partial charge in [0.1, 0.15) is 0 Å². The molecule has 2 aromatic carbocycles. The van der Waals surface area contributed by atoms with E-state index in [1.165, 1.54) is 26.0 Å². The number of aryl methyl sites for hydroxylation is 2. The van der Waals surface area contributed by atoms with E-state index in [1.54, 1.807) is 37.3 Å². The van der Waals surface area contributed by atoms with Crippen molar-refractivity contribution in [3.8, 4) is 11.1 Å². The number of Topliss-reactive ketones (excluding diaryl/α,β-unsaturated/α-hetero) is 1. The van der Waals surface area contributed by atoms with Gasteiger partial charge in [0, 0.05) is 18.2 Å². The van der Waals surface area contributed by atoms with Crippen LogP contribution in [0, 0.1) is 6.92 Å². The summed E-state index contributed by atoms with van der Waals surface area (Å²) in [4.78, 5) is 23.2. The van der Waals surface area contributed by atoms with Crippen LogP contribution in [0.1, 0.15) is 42.4 Å². The molecule has 0 spiro atoms. The number of rotatable bonds is 7. The minimum Gasteiger partial charge on any atom is -0.337 e. The van der Waals surface area contributed by atoms with Gasteiger partial charge in [0.05, 0.1) is 16.2 Å². The fraction of sp³-hybridized carbons (Fsp3) is 0.227. The second-order valence-corrected chi connectivity index (χ2v) is 8.74. The molecule has 162 valence electrons. The lowest BCUT2D eigenvalue weighted by Gasteiger charge is -2.13. The number of amides is 1. The molecule has 0 aliphatic heterocycles. The molecule has 1 aromatic heterocycles. The first-order chi connectivity index (χ1) is 14.6. The van der Waals surface area contributed by atoms with Crippen LogP contribution in [0.2, 0.25) is 0 Å². The van der Waals surface area contributed by atoms with E-state index in [0.717, 1.165) is 0 Å². The number of nitrogens with one attached hydrogen (secondary N) is 2. The molecular formula is C22H23N3O5S. The Labute approximate surface area is 180 Å². The van der Waals surface area contributed by atoms with Crippen LogP contribution in [-0.4, -0.2) is 25.3 Å². The number of benzene rings is 2. The van der Waals surface area contributed by atoms with Crippen molar-refractivity contribution < 1.29 is 22.5 Å². The van der Waals surface area contributed by atoms with Gasteiger partial charge in [-0.05, 0) is 49.6 Å². The molecule has 3 aromatic rings. The maximum Gasteiger partial charge on any atom is 0.262 e. The van der Waals surface area contributed by atoms with Crippen molar-refractivity contribution in [2.24, 2.45) is 0 Å². The number of carbonyl (C=O) groups excluding carboxylic acids is 2. The van der Waals surface area contributed by atoms with Crippen LogP contribution in [-0.2, 0) is 21.2 Å². The number of nitrogens with zero attached hydrogens (tertiary/aromatic N) is 1. The van der Waals surface area contributed by atoms with Gasteiger partial charge in [-0.1, -0.05) is 36.3 Å². The quantitative estimate of drug-likeness (QED) is 0.531. The van der Waals surface area contributed by atoms with Crippen LogP contribution in [0.4, 0.5) is 11.6 Å². The van der Waals surface area contributed by atoms with Gasteiger partial charge in [-0.2, -0.15) is 0 Å². The van der Waals surface area contributed by atoms with Crippen LogP contribution in [0.3, 0.4) is 0 Å². The summed E-state index contributed by atoms with van der Waals surface area (Å²) in [6.45, 7) is 6.34. The van der Waals surface area contributed by atoms with Gasteiger partial charge in [0.15, 0.2) is 5.78 Å². The summed E-state index contributed by atoms with van der Waals surface area (Å²) in [7, 11) is -3.96. The van der Waals surface area contributed by atoms with Gasteiger partial charge in [-0.3, -0.25) is 19.6 Å². The fourth-order valence-corrected chi connectivity index (χ4v) is 4.49. The Morgan fingerprint density at radius 1 is 1.10 bits per heavy atom. The topological polar surface area (TPSA) is 118 Å². The van der Waals surface area contributed by atoms with Gasteiger partial charge in [0.2, 0.25) is 11.8 Å². The van der Waals surface area contributed by atoms with Crippen LogP contribution in [0.15, 0.2) is 51.9 Å². The second-order valence-electron chi connectivity index (χ2n) is 7.09. The van der Waals surface area contributed by atoms with Crippen molar-refractivity contribution in [2.45, 2.75) is 39.0 Å². The molecule has 0 unspecified atom stereocenters. The van der Waals surface area contributed by atoms with Crippen molar-refractivity contribution in [3.63, 3.8) is 0 Å². The van der Waals surface area contributed by atoms with E-state index in [2.05, 4.69) is 15.2 Å². The highest BCUT2D eigenvalue weighted by atomic mass is 32.2. The predicted molar refractivity (Wildman–Crippen MR) is 118 cm³/mol. The molecule has 0 saturated heterocycles. The fourth-order valence-electron chi connectivity index (χ4n) is 3.16. The maximum atomic E-state index is 13.1. The highest BCUT2D eigenvalue weighted by Crippen LogP contribution is 2.34. The zero-order valence-electron chi connectivity index (χ0n) is 17.6. The van der Waals surface area contributed by atoms with E-state index in [1.807, 2.05) is 6.92 Å². The van der Waals surface area contributed by atoms with E-state index in [9.17, 15) is 18.0 Å². The van der Waals surface area contributed by atoms with Crippen molar-refractivity contribution in [1.29, 1.82) is 0 Å². The van der Waals surface area contributed by atoms with Crippen LogP contribution < -0.4 is 10.0 Å². The van der Waals surface area contributed by atoms with E-state index in [0.29, 0.717) is 34.4 Å². The third-order valence-corrected chi connectivity index (χ3v) is 6.20. The number of anilines is 2. The molecule has 31 heavy (non-hydrogen) atoms. The summed E-state index contributed by atoms with van der Waals surface area (Å²) in [5, 5.41) is 6.58. The molecule has 0 saturated carbocycles. The molecule has 3 rings (SSSR count). The number of sulfonamides is 1. The summed E-state index contributed by atoms with van der Waals surface area (Å²) in [5.41, 5.74) is 2.91. The summed E-state index contributed by atoms with van der Waals surface area (Å²) in [6.07, 6.45) is 0.532. The average molecular weight is 442 g/mol. The van der Waals surface area contributed by atoms with Gasteiger partial charge in [0.25, 0.3) is 10.0 Å². The van der Waals surface area contributed by atoms with Gasteiger partial charge in [-0.15, -0.1) is 0 Å². The van der Waals surface area contributed by atoms with E-state index >= 15 is 0 Å². The molecule has 0 radical (unpaired) electrons. The van der Waals surface area contributed by atoms with Crippen molar-refractivity contribution >= 4 is 33.3 Å². The standard InChI is InChI=1S/C22H23N3O5S/c1-5-19-21(22(30-24-19)23-15(4)27)17-10-9-13(2)20(12-17)31(28,29)25-18-8-6-7-16(11-18)14(3)26/h6-12,25H,5H2,1-4H3,(H,23,27). The maximum absolute atomic E-state index is 13.1. The first kappa shape index (κ1) is 22.2. The number of hydrogen-bond donors (Lipinski definition) is 2. The number of ketones is 1. The van der Waals surface area contributed by atoms with E-state index < -0.39 is 10.0 Å². The largest absolute Gasteiger partial charge is 0.337 e. The highest BCUT2D eigenvalue weighted by Gasteiger charge is 2.23. The normalized spacial score (nSPS) is 11.2. The van der Waals surface area contributed by atoms with Crippen LogP contribution >= 0.6 is 0 Å². The minimum atomic E-state index is -3.96. The Kier molecular flexibility index (Phi) is 6.26. The Bertz CT molecular complexity index is 1260. The SMILES string of the molecule is CCc1noc(NC(C)=O)c1-c1ccc(C)c(S(=O)(=O)Nc2cccc(C(C)=O)c2)c1. The first-order valence-electron chi connectivity index (χ1n) is 9.63. The molecule has 0 fully saturated rings. The number of carbonyl (C=O) groups is 2. The molecule has 1 heterocycles. The zero-order chi connectivity index (χ0) is 22.8. The van der Waals surface area contributed by atoms with Crippen LogP contribution in [0.25, 0.3) is 11.1 Å². The zero-order valence-corrected chi connectivity index (χ0v) is 18.5. The molecule has 0 atom stereocenters. The molecule has 2 N–H and O–H groups in total. The third kappa shape index (κ3) is 4.83. The van der Waals surface area contributed by atoms with Gasteiger partial charge < -0.3 is 4.52 Å². The predicted octanol–water partition coefficient (Wildman–Crippen LogP) is 4.17. The Morgan fingerprint density at radius 2 is 1.84 bits per heavy atom. The molecule has 8 nitrogen and oxygen atoms in total. The Morgan fingerprint density at radius 3 is 2.48 bits per heavy atom. The molecule has 0 bridgehead atoms. The number of aromatic nitrogens is 1. The van der Waals surface area contributed by atoms with Gasteiger partial charge in [-0.25, -0.2) is 8.42 Å². The molecule has 1 amide bonds. The first-order valence-corrected chi connectivity index (χ1v) is 11.1. The Balaban J connectivity index is 2.06. The number of hydrogen-bond acceptors (Lipinski definition) is 6. The summed E-state index contributed by atoms with van der Waals surface area (Å²) >= 11 is 0. The van der Waals surface area contributed by atoms with E-state index in [-0.39, 0.29) is 28.2 Å². The monoisotopic (exact) mass is 441 g/mol. The van der Waals surface area contributed by atoms with Crippen molar-refractivity contribution in [1.82, 2.24) is 5.16 Å². The summed E-state index contributed by atoms with van der Waals surface area (Å²) in [5.74, 6) is -0.324. The lowest BCUT2D eigenvalue weighted by atomic mass is 10.0. The third-order valence-electron chi connectivity index (χ3n) is 4.67. The molecular weight excluding hydrogens is 418 g/mol.